The molecule has 0 saturated carbocycles. The fraction of sp³-hybridized carbons (Fsp3) is 0.538. The highest BCUT2D eigenvalue weighted by Gasteiger charge is 2.00. The average Bonchev–Trinajstić information content (AvgIpc) is 2.28. The molecule has 0 aliphatic heterocycles. The van der Waals surface area contributed by atoms with Gasteiger partial charge in [0.2, 0.25) is 0 Å². The van der Waals surface area contributed by atoms with Crippen molar-refractivity contribution < 1.29 is 4.74 Å². The van der Waals surface area contributed by atoms with Crippen molar-refractivity contribution in [3.63, 3.8) is 0 Å². The number of hydrogen-bond donors (Lipinski definition) is 1. The zero-order chi connectivity index (χ0) is 10.9. The van der Waals surface area contributed by atoms with Gasteiger partial charge in [-0.05, 0) is 24.1 Å². The first-order chi connectivity index (χ1) is 7.38. The van der Waals surface area contributed by atoms with Crippen molar-refractivity contribution in [2.45, 2.75) is 33.4 Å². The fourth-order valence-corrected chi connectivity index (χ4v) is 1.46. The van der Waals surface area contributed by atoms with E-state index < -0.39 is 0 Å². The van der Waals surface area contributed by atoms with Crippen LogP contribution in [0.25, 0.3) is 0 Å². The van der Waals surface area contributed by atoms with Gasteiger partial charge in [0.15, 0.2) is 0 Å². The number of ether oxygens (including phenoxy) is 1. The number of hydrogen-bond acceptors (Lipinski definition) is 2. The fourth-order valence-electron chi connectivity index (χ4n) is 1.46. The van der Waals surface area contributed by atoms with E-state index in [0.717, 1.165) is 32.7 Å². The Balaban J connectivity index is 2.52. The van der Waals surface area contributed by atoms with Crippen molar-refractivity contribution in [2.75, 3.05) is 13.2 Å². The van der Waals surface area contributed by atoms with Crippen molar-refractivity contribution in [1.29, 1.82) is 0 Å². The number of rotatable bonds is 7. The summed E-state index contributed by atoms with van der Waals surface area (Å²) < 4.78 is 5.56. The molecule has 0 fully saturated rings. The topological polar surface area (TPSA) is 21.3 Å². The van der Waals surface area contributed by atoms with Crippen molar-refractivity contribution in [1.82, 2.24) is 5.32 Å². The average molecular weight is 207 g/mol. The minimum Gasteiger partial charge on any atom is -0.377 e. The third kappa shape index (κ3) is 4.45. The van der Waals surface area contributed by atoms with E-state index in [4.69, 9.17) is 4.74 Å². The Morgan fingerprint density at radius 1 is 1.13 bits per heavy atom. The summed E-state index contributed by atoms with van der Waals surface area (Å²) in [5.74, 6) is 0. The quantitative estimate of drug-likeness (QED) is 0.694. The second-order valence-electron chi connectivity index (χ2n) is 3.60. The Bertz CT molecular complexity index is 273. The van der Waals surface area contributed by atoms with Crippen LogP contribution in [0.4, 0.5) is 0 Å². The summed E-state index contributed by atoms with van der Waals surface area (Å²) >= 11 is 0. The van der Waals surface area contributed by atoms with Crippen molar-refractivity contribution in [2.24, 2.45) is 0 Å². The van der Waals surface area contributed by atoms with Gasteiger partial charge in [0, 0.05) is 13.2 Å². The van der Waals surface area contributed by atoms with Gasteiger partial charge in [-0.3, -0.25) is 0 Å². The van der Waals surface area contributed by atoms with Crippen LogP contribution in [0.5, 0.6) is 0 Å². The molecule has 2 heteroatoms. The molecule has 0 spiro atoms. The van der Waals surface area contributed by atoms with E-state index in [-0.39, 0.29) is 0 Å². The Hall–Kier alpha value is -0.860. The first-order valence-corrected chi connectivity index (χ1v) is 5.73. The first kappa shape index (κ1) is 12.2. The SMILES string of the molecule is CCCOCc1ccccc1CNCC. The van der Waals surface area contributed by atoms with Gasteiger partial charge in [-0.1, -0.05) is 38.1 Å². The molecule has 0 saturated heterocycles. The van der Waals surface area contributed by atoms with Gasteiger partial charge in [0.05, 0.1) is 6.61 Å². The molecule has 0 atom stereocenters. The van der Waals surface area contributed by atoms with Gasteiger partial charge in [0.1, 0.15) is 0 Å². The maximum absolute atomic E-state index is 5.56. The summed E-state index contributed by atoms with van der Waals surface area (Å²) in [5.41, 5.74) is 2.64. The molecule has 0 unspecified atom stereocenters. The molecule has 0 aliphatic rings. The molecule has 0 amide bonds. The lowest BCUT2D eigenvalue weighted by Crippen LogP contribution is -2.13. The predicted molar refractivity (Wildman–Crippen MR) is 63.8 cm³/mol. The minimum absolute atomic E-state index is 0.732. The van der Waals surface area contributed by atoms with Crippen LogP contribution in [-0.4, -0.2) is 13.2 Å². The van der Waals surface area contributed by atoms with E-state index in [2.05, 4.69) is 43.4 Å². The Morgan fingerprint density at radius 3 is 2.53 bits per heavy atom. The third-order valence-electron chi connectivity index (χ3n) is 2.29. The van der Waals surface area contributed by atoms with Crippen LogP contribution in [0.2, 0.25) is 0 Å². The molecular formula is C13H21NO. The summed E-state index contributed by atoms with van der Waals surface area (Å²) in [7, 11) is 0. The molecule has 0 aromatic heterocycles. The minimum atomic E-state index is 0.732. The monoisotopic (exact) mass is 207 g/mol. The smallest absolute Gasteiger partial charge is 0.0720 e. The highest BCUT2D eigenvalue weighted by Crippen LogP contribution is 2.09. The van der Waals surface area contributed by atoms with Crippen molar-refractivity contribution in [3.8, 4) is 0 Å². The lowest BCUT2D eigenvalue weighted by molar-refractivity contribution is 0.121. The highest BCUT2D eigenvalue weighted by molar-refractivity contribution is 5.26. The van der Waals surface area contributed by atoms with E-state index in [9.17, 15) is 0 Å². The predicted octanol–water partition coefficient (Wildman–Crippen LogP) is 2.72. The van der Waals surface area contributed by atoms with Crippen LogP contribution in [0.15, 0.2) is 24.3 Å². The largest absolute Gasteiger partial charge is 0.377 e. The zero-order valence-electron chi connectivity index (χ0n) is 9.75. The molecule has 1 N–H and O–H groups in total. The van der Waals surface area contributed by atoms with E-state index in [1.807, 2.05) is 0 Å². The molecule has 15 heavy (non-hydrogen) atoms. The van der Waals surface area contributed by atoms with Gasteiger partial charge in [-0.15, -0.1) is 0 Å². The Morgan fingerprint density at radius 2 is 1.87 bits per heavy atom. The molecule has 0 bridgehead atoms. The van der Waals surface area contributed by atoms with Crippen LogP contribution in [0.1, 0.15) is 31.4 Å². The molecule has 0 radical (unpaired) electrons. The Labute approximate surface area is 92.6 Å². The lowest BCUT2D eigenvalue weighted by atomic mass is 10.1. The second-order valence-corrected chi connectivity index (χ2v) is 3.60. The summed E-state index contributed by atoms with van der Waals surface area (Å²) in [6.07, 6.45) is 1.08. The number of nitrogens with one attached hydrogen (secondary N) is 1. The van der Waals surface area contributed by atoms with Gasteiger partial charge in [-0.25, -0.2) is 0 Å². The van der Waals surface area contributed by atoms with Crippen LogP contribution < -0.4 is 5.32 Å². The van der Waals surface area contributed by atoms with Gasteiger partial charge < -0.3 is 10.1 Å². The van der Waals surface area contributed by atoms with Gasteiger partial charge in [-0.2, -0.15) is 0 Å². The van der Waals surface area contributed by atoms with Crippen LogP contribution in [0.3, 0.4) is 0 Å². The van der Waals surface area contributed by atoms with E-state index >= 15 is 0 Å². The van der Waals surface area contributed by atoms with Gasteiger partial charge >= 0.3 is 0 Å². The van der Waals surface area contributed by atoms with Crippen LogP contribution >= 0.6 is 0 Å². The van der Waals surface area contributed by atoms with E-state index in [1.54, 1.807) is 0 Å². The molecule has 2 nitrogen and oxygen atoms in total. The standard InChI is InChI=1S/C13H21NO/c1-3-9-15-11-13-8-6-5-7-12(13)10-14-4-2/h5-8,14H,3-4,9-11H2,1-2H3. The van der Waals surface area contributed by atoms with Crippen LogP contribution in [0, 0.1) is 0 Å². The molecule has 84 valence electrons. The van der Waals surface area contributed by atoms with E-state index in [1.165, 1.54) is 11.1 Å². The zero-order valence-corrected chi connectivity index (χ0v) is 9.75. The highest BCUT2D eigenvalue weighted by atomic mass is 16.5. The summed E-state index contributed by atoms with van der Waals surface area (Å²) in [4.78, 5) is 0. The molecule has 0 heterocycles. The second kappa shape index (κ2) is 7.43. The normalized spacial score (nSPS) is 10.5. The molecule has 1 aromatic rings. The summed E-state index contributed by atoms with van der Waals surface area (Å²) in [6, 6.07) is 8.45. The maximum Gasteiger partial charge on any atom is 0.0720 e. The van der Waals surface area contributed by atoms with Gasteiger partial charge in [0.25, 0.3) is 0 Å². The molecule has 1 rings (SSSR count). The van der Waals surface area contributed by atoms with Crippen molar-refractivity contribution >= 4 is 0 Å². The maximum atomic E-state index is 5.56. The molecular weight excluding hydrogens is 186 g/mol. The molecule has 0 aliphatic carbocycles. The Kier molecular flexibility index (Phi) is 6.05. The number of benzene rings is 1. The van der Waals surface area contributed by atoms with Crippen molar-refractivity contribution in [3.05, 3.63) is 35.4 Å². The third-order valence-corrected chi connectivity index (χ3v) is 2.29. The summed E-state index contributed by atoms with van der Waals surface area (Å²) in [5, 5.41) is 3.34. The summed E-state index contributed by atoms with van der Waals surface area (Å²) in [6.45, 7) is 7.76. The van der Waals surface area contributed by atoms with Crippen LogP contribution in [-0.2, 0) is 17.9 Å². The van der Waals surface area contributed by atoms with E-state index in [0.29, 0.717) is 0 Å². The molecule has 1 aromatic carbocycles. The lowest BCUT2D eigenvalue weighted by Gasteiger charge is -2.09. The first-order valence-electron chi connectivity index (χ1n) is 5.73.